The highest BCUT2D eigenvalue weighted by atomic mass is 15.2. The summed E-state index contributed by atoms with van der Waals surface area (Å²) in [6, 6.07) is 28.7. The maximum absolute atomic E-state index is 3.54. The Bertz CT molecular complexity index is 3030. The molecule has 288 valence electrons. The minimum absolute atomic E-state index is 0.197. The highest BCUT2D eigenvalue weighted by Crippen LogP contribution is 2.65. The first-order valence-electron chi connectivity index (χ1n) is 22.5. The van der Waals surface area contributed by atoms with Crippen molar-refractivity contribution >= 4 is 34.2 Å². The molecule has 0 saturated heterocycles. The minimum atomic E-state index is -0.197. The van der Waals surface area contributed by atoms with Crippen LogP contribution in [0, 0.1) is 0 Å². The molecule has 0 aromatic heterocycles. The van der Waals surface area contributed by atoms with E-state index in [1.165, 1.54) is 106 Å². The third-order valence-corrected chi connectivity index (χ3v) is 15.0. The van der Waals surface area contributed by atoms with Crippen LogP contribution in [0.25, 0.3) is 33.9 Å². The number of allylic oxidation sites excluding steroid dienone is 20. The molecule has 4 aromatic carbocycles. The molecule has 0 aliphatic heterocycles. The van der Waals surface area contributed by atoms with Gasteiger partial charge in [0.25, 0.3) is 0 Å². The summed E-state index contributed by atoms with van der Waals surface area (Å²) in [4.78, 5) is 2.62. The van der Waals surface area contributed by atoms with Crippen molar-refractivity contribution in [3.8, 4) is 11.1 Å². The van der Waals surface area contributed by atoms with Crippen molar-refractivity contribution in [2.45, 2.75) is 76.0 Å². The quantitative estimate of drug-likeness (QED) is 0.161. The molecule has 1 spiro atoms. The van der Waals surface area contributed by atoms with Crippen LogP contribution in [0.4, 0.5) is 11.4 Å². The van der Waals surface area contributed by atoms with Crippen LogP contribution in [0.15, 0.2) is 185 Å². The second-order valence-corrected chi connectivity index (χ2v) is 17.9. The molecule has 1 atom stereocenters. The van der Waals surface area contributed by atoms with Gasteiger partial charge < -0.3 is 4.90 Å². The SMILES string of the molecule is C1=CC2=C(C=1)C1(C3=C(CCC=C3)c3ccc(C4=CC=C(N(c5ccc6c(c5)CCC=C6)c5cccc6c5Cc5c(C7=CC=CCC7)cccc5-6)CC4)cc31)C1=C2C=CCC1. The van der Waals surface area contributed by atoms with Crippen LogP contribution < -0.4 is 4.90 Å². The van der Waals surface area contributed by atoms with E-state index in [0.29, 0.717) is 0 Å². The topological polar surface area (TPSA) is 3.24 Å². The number of fused-ring (bicyclic) bond motifs is 11. The smallest absolute Gasteiger partial charge is 0.0691 e. The molecule has 13 rings (SSSR count). The van der Waals surface area contributed by atoms with Gasteiger partial charge >= 0.3 is 0 Å². The van der Waals surface area contributed by atoms with Gasteiger partial charge in [-0.05, 0) is 207 Å². The Morgan fingerprint density at radius 2 is 1.42 bits per heavy atom. The molecular formula is C59H47N. The van der Waals surface area contributed by atoms with Crippen LogP contribution >= 0.6 is 0 Å². The molecule has 0 fully saturated rings. The van der Waals surface area contributed by atoms with Crippen molar-refractivity contribution in [2.24, 2.45) is 0 Å². The first kappa shape index (κ1) is 34.5. The number of hydrogen-bond acceptors (Lipinski definition) is 1. The molecule has 60 heavy (non-hydrogen) atoms. The Morgan fingerprint density at radius 3 is 2.33 bits per heavy atom. The number of rotatable bonds is 5. The van der Waals surface area contributed by atoms with Gasteiger partial charge in [-0.1, -0.05) is 109 Å². The maximum Gasteiger partial charge on any atom is 0.0691 e. The number of aryl methyl sites for hydroxylation is 1. The van der Waals surface area contributed by atoms with E-state index in [-0.39, 0.29) is 5.41 Å². The van der Waals surface area contributed by atoms with Crippen LogP contribution in [-0.2, 0) is 18.3 Å². The average molecular weight is 770 g/mol. The van der Waals surface area contributed by atoms with Crippen molar-refractivity contribution in [3.05, 3.63) is 230 Å². The van der Waals surface area contributed by atoms with Crippen molar-refractivity contribution in [1.82, 2.24) is 0 Å². The van der Waals surface area contributed by atoms with Gasteiger partial charge in [0, 0.05) is 23.5 Å². The normalized spacial score (nSPS) is 22.1. The van der Waals surface area contributed by atoms with Crippen LogP contribution in [-0.4, -0.2) is 0 Å². The lowest BCUT2D eigenvalue weighted by Crippen LogP contribution is -2.29. The largest absolute Gasteiger partial charge is 0.314 e. The summed E-state index contributed by atoms with van der Waals surface area (Å²) in [5.41, 5.74) is 33.5. The first-order valence-corrected chi connectivity index (χ1v) is 22.5. The summed E-state index contributed by atoms with van der Waals surface area (Å²) >= 11 is 0. The number of hydrogen-bond donors (Lipinski definition) is 0. The Hall–Kier alpha value is -6.40. The van der Waals surface area contributed by atoms with Crippen LogP contribution in [0.3, 0.4) is 0 Å². The zero-order valence-corrected chi connectivity index (χ0v) is 34.2. The van der Waals surface area contributed by atoms with Crippen LogP contribution in [0.1, 0.15) is 102 Å². The molecule has 1 nitrogen and oxygen atoms in total. The van der Waals surface area contributed by atoms with Crippen LogP contribution in [0.2, 0.25) is 0 Å². The lowest BCUT2D eigenvalue weighted by atomic mass is 9.65. The molecule has 0 amide bonds. The van der Waals surface area contributed by atoms with E-state index in [2.05, 4.69) is 162 Å². The Morgan fingerprint density at radius 1 is 0.567 bits per heavy atom. The molecule has 9 aliphatic rings. The van der Waals surface area contributed by atoms with Gasteiger partial charge in [-0.2, -0.15) is 0 Å². The van der Waals surface area contributed by atoms with Crippen molar-refractivity contribution in [1.29, 1.82) is 0 Å². The Kier molecular flexibility index (Phi) is 7.64. The summed E-state index contributed by atoms with van der Waals surface area (Å²) in [6.45, 7) is 0. The van der Waals surface area contributed by atoms with Crippen molar-refractivity contribution < 1.29 is 0 Å². The second kappa shape index (κ2) is 13.3. The van der Waals surface area contributed by atoms with E-state index in [4.69, 9.17) is 0 Å². The van der Waals surface area contributed by atoms with E-state index in [0.717, 1.165) is 70.6 Å². The zero-order chi connectivity index (χ0) is 39.4. The van der Waals surface area contributed by atoms with E-state index in [1.54, 1.807) is 11.1 Å². The summed E-state index contributed by atoms with van der Waals surface area (Å²) in [5.74, 6) is 0. The van der Waals surface area contributed by atoms with Gasteiger partial charge in [0.2, 0.25) is 0 Å². The van der Waals surface area contributed by atoms with Gasteiger partial charge in [0.15, 0.2) is 0 Å². The molecule has 0 N–H and O–H groups in total. The molecule has 0 heterocycles. The predicted molar refractivity (Wildman–Crippen MR) is 251 cm³/mol. The lowest BCUT2D eigenvalue weighted by Gasteiger charge is -2.36. The molecule has 4 aromatic rings. The van der Waals surface area contributed by atoms with E-state index < -0.39 is 0 Å². The first-order chi connectivity index (χ1) is 29.8. The fourth-order valence-corrected chi connectivity index (χ4v) is 12.4. The Balaban J connectivity index is 0.924. The van der Waals surface area contributed by atoms with Crippen molar-refractivity contribution in [3.63, 3.8) is 0 Å². The summed E-state index contributed by atoms with van der Waals surface area (Å²) < 4.78 is 0. The molecule has 0 saturated carbocycles. The standard InChI is InChI=1S/C59H47N/c1-2-14-40(15-3-1)45-19-10-20-46-47-21-12-26-58(53(47)37-52(45)46)60(44-33-29-38-13-4-5-16-41(38)35-44)43-31-27-39(28-32-43)42-30-34-51-49-18-7-9-24-55(49)59(57(51)36-42)54-23-8-6-17-48(54)50-22-11-25-56(50)59/h1-2,4,6,9-10,12-14,17,19-22,24-27,29-31,33-36H,3,5,7-8,15-16,18,23,28,32,37H2. The number of anilines is 2. The number of nitrogens with zero attached hydrogens (tertiary/aromatic N) is 1. The van der Waals surface area contributed by atoms with Gasteiger partial charge in [-0.3, -0.25) is 0 Å². The molecule has 1 unspecified atom stereocenters. The predicted octanol–water partition coefficient (Wildman–Crippen LogP) is 14.9. The minimum Gasteiger partial charge on any atom is -0.314 e. The van der Waals surface area contributed by atoms with E-state index in [1.807, 2.05) is 0 Å². The monoisotopic (exact) mass is 769 g/mol. The summed E-state index contributed by atoms with van der Waals surface area (Å²) in [7, 11) is 0. The van der Waals surface area contributed by atoms with Gasteiger partial charge in [0.1, 0.15) is 0 Å². The van der Waals surface area contributed by atoms with Gasteiger partial charge in [-0.15, -0.1) is 5.73 Å². The molecule has 1 heteroatoms. The van der Waals surface area contributed by atoms with E-state index in [9.17, 15) is 0 Å². The molecule has 0 radical (unpaired) electrons. The van der Waals surface area contributed by atoms with Crippen molar-refractivity contribution in [2.75, 3.05) is 4.90 Å². The Labute approximate surface area is 354 Å². The van der Waals surface area contributed by atoms with Gasteiger partial charge in [0.05, 0.1) is 5.41 Å². The summed E-state index contributed by atoms with van der Waals surface area (Å²) in [5, 5.41) is 0. The number of benzene rings is 4. The van der Waals surface area contributed by atoms with Gasteiger partial charge in [-0.25, -0.2) is 0 Å². The molecular weight excluding hydrogens is 723 g/mol. The highest BCUT2D eigenvalue weighted by molar-refractivity contribution is 5.94. The summed E-state index contributed by atoms with van der Waals surface area (Å²) in [6.07, 6.45) is 42.5. The lowest BCUT2D eigenvalue weighted by molar-refractivity contribution is 0.696. The fourth-order valence-electron chi connectivity index (χ4n) is 12.4. The average Bonchev–Trinajstić information content (AvgIpc) is 4.08. The maximum atomic E-state index is 3.54. The molecule has 0 bridgehead atoms. The highest BCUT2D eigenvalue weighted by Gasteiger charge is 2.54. The van der Waals surface area contributed by atoms with E-state index >= 15 is 0 Å². The third kappa shape index (κ3) is 4.88. The second-order valence-electron chi connectivity index (χ2n) is 17.9. The van der Waals surface area contributed by atoms with Crippen LogP contribution in [0.5, 0.6) is 0 Å². The third-order valence-electron chi connectivity index (χ3n) is 15.0. The fraction of sp³-hybridized carbons (Fsp3) is 0.203. The zero-order valence-electron chi connectivity index (χ0n) is 34.2. The molecule has 9 aliphatic carbocycles.